The second-order valence-corrected chi connectivity index (χ2v) is 7.15. The number of rotatable bonds is 7. The summed E-state index contributed by atoms with van der Waals surface area (Å²) < 4.78 is 13.3. The van der Waals surface area contributed by atoms with Crippen molar-refractivity contribution in [1.82, 2.24) is 20.0 Å². The van der Waals surface area contributed by atoms with E-state index in [4.69, 9.17) is 14.5 Å². The molecule has 1 aromatic heterocycles. The SMILES string of the molecule is CCNC(=NCC(C)Oc1ccccc1OC)N1CCC(c2cnn(C)c2)C1.I. The zero-order valence-corrected chi connectivity index (χ0v) is 20.0. The van der Waals surface area contributed by atoms with Gasteiger partial charge in [0.2, 0.25) is 0 Å². The van der Waals surface area contributed by atoms with Crippen LogP contribution in [-0.4, -0.2) is 60.0 Å². The van der Waals surface area contributed by atoms with Crippen LogP contribution in [0.15, 0.2) is 41.7 Å². The third-order valence-corrected chi connectivity index (χ3v) is 4.91. The number of hydrogen-bond acceptors (Lipinski definition) is 4. The number of hydrogen-bond donors (Lipinski definition) is 1. The van der Waals surface area contributed by atoms with Crippen molar-refractivity contribution in [3.05, 3.63) is 42.2 Å². The van der Waals surface area contributed by atoms with Crippen LogP contribution in [0.4, 0.5) is 0 Å². The molecule has 1 aliphatic rings. The van der Waals surface area contributed by atoms with Gasteiger partial charge in [-0.1, -0.05) is 12.1 Å². The number of aryl methyl sites for hydroxylation is 1. The molecule has 0 aliphatic carbocycles. The molecule has 0 radical (unpaired) electrons. The highest BCUT2D eigenvalue weighted by Crippen LogP contribution is 2.28. The van der Waals surface area contributed by atoms with Crippen LogP contribution in [0.5, 0.6) is 11.5 Å². The Labute approximate surface area is 190 Å². The van der Waals surface area contributed by atoms with Gasteiger partial charge < -0.3 is 19.7 Å². The van der Waals surface area contributed by atoms with Crippen LogP contribution >= 0.6 is 24.0 Å². The summed E-state index contributed by atoms with van der Waals surface area (Å²) in [5.74, 6) is 2.93. The maximum Gasteiger partial charge on any atom is 0.194 e. The zero-order valence-electron chi connectivity index (χ0n) is 17.7. The molecule has 7 nitrogen and oxygen atoms in total. The molecule has 160 valence electrons. The first-order valence-corrected chi connectivity index (χ1v) is 9.92. The average Bonchev–Trinajstić information content (AvgIpc) is 3.34. The molecule has 1 saturated heterocycles. The van der Waals surface area contributed by atoms with E-state index in [1.165, 1.54) is 5.56 Å². The summed E-state index contributed by atoms with van der Waals surface area (Å²) in [6.07, 6.45) is 5.15. The maximum atomic E-state index is 6.03. The third kappa shape index (κ3) is 6.25. The summed E-state index contributed by atoms with van der Waals surface area (Å²) in [4.78, 5) is 7.16. The topological polar surface area (TPSA) is 63.9 Å². The standard InChI is InChI=1S/C21H31N5O2.HI/c1-5-22-21(26-11-10-17(15-26)18-13-24-25(3)14-18)23-12-16(2)28-20-9-7-6-8-19(20)27-4;/h6-9,13-14,16-17H,5,10-12,15H2,1-4H3,(H,22,23);1H. The van der Waals surface area contributed by atoms with Gasteiger partial charge >= 0.3 is 0 Å². The van der Waals surface area contributed by atoms with Crippen LogP contribution < -0.4 is 14.8 Å². The van der Waals surface area contributed by atoms with Gasteiger partial charge in [0.05, 0.1) is 19.9 Å². The van der Waals surface area contributed by atoms with Crippen molar-refractivity contribution in [2.45, 2.75) is 32.3 Å². The number of likely N-dealkylation sites (tertiary alicyclic amines) is 1. The van der Waals surface area contributed by atoms with Crippen molar-refractivity contribution >= 4 is 29.9 Å². The molecule has 2 aromatic rings. The highest BCUT2D eigenvalue weighted by molar-refractivity contribution is 14.0. The molecule has 0 saturated carbocycles. The van der Waals surface area contributed by atoms with Gasteiger partial charge in [0.25, 0.3) is 0 Å². The van der Waals surface area contributed by atoms with E-state index in [2.05, 4.69) is 28.4 Å². The third-order valence-electron chi connectivity index (χ3n) is 4.91. The van der Waals surface area contributed by atoms with Crippen molar-refractivity contribution in [2.24, 2.45) is 12.0 Å². The highest BCUT2D eigenvalue weighted by atomic mass is 127. The molecule has 3 rings (SSSR count). The van der Waals surface area contributed by atoms with Gasteiger partial charge in [-0.2, -0.15) is 5.10 Å². The van der Waals surface area contributed by atoms with E-state index in [1.807, 2.05) is 49.1 Å². The number of ether oxygens (including phenoxy) is 2. The molecular formula is C21H32IN5O2. The average molecular weight is 513 g/mol. The molecule has 0 bridgehead atoms. The van der Waals surface area contributed by atoms with E-state index in [9.17, 15) is 0 Å². The minimum absolute atomic E-state index is 0. The van der Waals surface area contributed by atoms with Crippen molar-refractivity contribution < 1.29 is 9.47 Å². The fourth-order valence-corrected chi connectivity index (χ4v) is 3.49. The van der Waals surface area contributed by atoms with E-state index < -0.39 is 0 Å². The fourth-order valence-electron chi connectivity index (χ4n) is 3.49. The molecule has 0 spiro atoms. The van der Waals surface area contributed by atoms with E-state index >= 15 is 0 Å². The molecular weight excluding hydrogens is 481 g/mol. The number of nitrogens with zero attached hydrogens (tertiary/aromatic N) is 4. The van der Waals surface area contributed by atoms with Gasteiger partial charge in [0.15, 0.2) is 17.5 Å². The van der Waals surface area contributed by atoms with E-state index in [-0.39, 0.29) is 30.1 Å². The van der Waals surface area contributed by atoms with Gasteiger partial charge in [0.1, 0.15) is 6.10 Å². The molecule has 2 atom stereocenters. The van der Waals surface area contributed by atoms with Gasteiger partial charge in [-0.25, -0.2) is 4.99 Å². The molecule has 1 aliphatic heterocycles. The Morgan fingerprint density at radius 1 is 1.34 bits per heavy atom. The Bertz CT molecular complexity index is 795. The summed E-state index contributed by atoms with van der Waals surface area (Å²) >= 11 is 0. The number of halogens is 1. The first-order valence-electron chi connectivity index (χ1n) is 9.92. The molecule has 0 amide bonds. The summed E-state index contributed by atoms with van der Waals surface area (Å²) in [6.45, 7) is 7.50. The molecule has 1 N–H and O–H groups in total. The summed E-state index contributed by atoms with van der Waals surface area (Å²) in [6, 6.07) is 7.70. The Hall–Kier alpha value is -1.97. The minimum atomic E-state index is -0.0540. The molecule has 1 fully saturated rings. The minimum Gasteiger partial charge on any atom is -0.493 e. The zero-order chi connectivity index (χ0) is 19.9. The second kappa shape index (κ2) is 11.3. The van der Waals surface area contributed by atoms with Crippen LogP contribution in [0.3, 0.4) is 0 Å². The second-order valence-electron chi connectivity index (χ2n) is 7.15. The number of aliphatic imine (C=N–C) groups is 1. The Morgan fingerprint density at radius 3 is 2.76 bits per heavy atom. The van der Waals surface area contributed by atoms with Gasteiger partial charge in [0, 0.05) is 38.8 Å². The lowest BCUT2D eigenvalue weighted by atomic mass is 10.0. The molecule has 8 heteroatoms. The predicted octanol–water partition coefficient (Wildman–Crippen LogP) is 3.27. The molecule has 2 heterocycles. The van der Waals surface area contributed by atoms with Gasteiger partial charge in [-0.3, -0.25) is 4.68 Å². The molecule has 1 aromatic carbocycles. The lowest BCUT2D eigenvalue weighted by molar-refractivity contribution is 0.219. The molecule has 2 unspecified atom stereocenters. The maximum absolute atomic E-state index is 6.03. The van der Waals surface area contributed by atoms with Crippen LogP contribution in [0.1, 0.15) is 31.7 Å². The van der Waals surface area contributed by atoms with Crippen molar-refractivity contribution in [1.29, 1.82) is 0 Å². The summed E-state index contributed by atoms with van der Waals surface area (Å²) in [7, 11) is 3.62. The number of methoxy groups -OCH3 is 1. The molecule has 29 heavy (non-hydrogen) atoms. The predicted molar refractivity (Wildman–Crippen MR) is 127 cm³/mol. The van der Waals surface area contributed by atoms with Crippen LogP contribution in [-0.2, 0) is 7.05 Å². The smallest absolute Gasteiger partial charge is 0.194 e. The van der Waals surface area contributed by atoms with Crippen molar-refractivity contribution in [2.75, 3.05) is 33.3 Å². The van der Waals surface area contributed by atoms with Crippen molar-refractivity contribution in [3.63, 3.8) is 0 Å². The lowest BCUT2D eigenvalue weighted by Gasteiger charge is -2.22. The number of aromatic nitrogens is 2. The van der Waals surface area contributed by atoms with E-state index in [0.29, 0.717) is 12.5 Å². The Kier molecular flexibility index (Phi) is 9.06. The first kappa shape index (κ1) is 23.3. The van der Waals surface area contributed by atoms with Gasteiger partial charge in [-0.15, -0.1) is 24.0 Å². The number of guanidine groups is 1. The monoisotopic (exact) mass is 513 g/mol. The Morgan fingerprint density at radius 2 is 2.10 bits per heavy atom. The summed E-state index contributed by atoms with van der Waals surface area (Å²) in [5.41, 5.74) is 1.30. The summed E-state index contributed by atoms with van der Waals surface area (Å²) in [5, 5.41) is 7.72. The van der Waals surface area contributed by atoms with Crippen LogP contribution in [0.25, 0.3) is 0 Å². The number of nitrogens with one attached hydrogen (secondary N) is 1. The fraction of sp³-hybridized carbons (Fsp3) is 0.524. The van der Waals surface area contributed by atoms with Crippen LogP contribution in [0.2, 0.25) is 0 Å². The Balaban J connectivity index is 0.00000300. The lowest BCUT2D eigenvalue weighted by Crippen LogP contribution is -2.40. The highest BCUT2D eigenvalue weighted by Gasteiger charge is 2.27. The number of benzene rings is 1. The number of para-hydroxylation sites is 2. The first-order chi connectivity index (χ1) is 13.6. The van der Waals surface area contributed by atoms with Gasteiger partial charge in [-0.05, 0) is 38.0 Å². The van der Waals surface area contributed by atoms with Crippen LogP contribution in [0, 0.1) is 0 Å². The quantitative estimate of drug-likeness (QED) is 0.350. The van der Waals surface area contributed by atoms with E-state index in [0.717, 1.165) is 43.5 Å². The van der Waals surface area contributed by atoms with Crippen molar-refractivity contribution in [3.8, 4) is 11.5 Å². The normalized spacial score (nSPS) is 17.6. The largest absolute Gasteiger partial charge is 0.493 e. The van der Waals surface area contributed by atoms with E-state index in [1.54, 1.807) is 7.11 Å².